The van der Waals surface area contributed by atoms with Gasteiger partial charge in [0, 0.05) is 0 Å². The summed E-state index contributed by atoms with van der Waals surface area (Å²) in [4.78, 5) is 0. The van der Waals surface area contributed by atoms with Gasteiger partial charge in [-0.2, -0.15) is 9.94 Å². The first-order valence-electron chi connectivity index (χ1n) is 4.98. The van der Waals surface area contributed by atoms with E-state index in [4.69, 9.17) is 9.52 Å². The molecule has 10 heteroatoms. The third-order valence-corrected chi connectivity index (χ3v) is 3.55. The molecule has 3 N–H and O–H groups in total. The minimum absolute atomic E-state index is 0.169. The van der Waals surface area contributed by atoms with Gasteiger partial charge in [0.05, 0.1) is 6.04 Å². The van der Waals surface area contributed by atoms with Gasteiger partial charge in [-0.25, -0.2) is 8.42 Å². The molecule has 1 unspecified atom stereocenters. The summed E-state index contributed by atoms with van der Waals surface area (Å²) in [6, 6.07) is 1.99. The van der Waals surface area contributed by atoms with Gasteiger partial charge in [0.15, 0.2) is 5.82 Å². The zero-order chi connectivity index (χ0) is 13.2. The number of furan rings is 1. The van der Waals surface area contributed by atoms with Gasteiger partial charge in [-0.05, 0) is 19.1 Å². The molecule has 2 rings (SSSR count). The van der Waals surface area contributed by atoms with Crippen LogP contribution in [0, 0.1) is 0 Å². The number of nitrogens with zero attached hydrogens (tertiary/aromatic N) is 3. The Hall–Kier alpha value is -1.78. The van der Waals surface area contributed by atoms with Gasteiger partial charge in [-0.15, -0.1) is 10.2 Å². The highest BCUT2D eigenvalue weighted by Crippen LogP contribution is 2.16. The fraction of sp³-hybridized carbons (Fsp3) is 0.375. The van der Waals surface area contributed by atoms with Crippen molar-refractivity contribution in [3.05, 3.63) is 23.7 Å². The summed E-state index contributed by atoms with van der Waals surface area (Å²) in [6.07, 6.45) is 0. The number of rotatable bonds is 5. The molecule has 0 spiro atoms. The van der Waals surface area contributed by atoms with E-state index in [1.807, 2.05) is 0 Å². The van der Waals surface area contributed by atoms with Crippen LogP contribution in [0.25, 0.3) is 0 Å². The lowest BCUT2D eigenvalue weighted by Gasteiger charge is -2.08. The molecule has 0 bridgehead atoms. The van der Waals surface area contributed by atoms with Crippen molar-refractivity contribution < 1.29 is 17.9 Å². The van der Waals surface area contributed by atoms with Crippen molar-refractivity contribution in [1.29, 1.82) is 0 Å². The van der Waals surface area contributed by atoms with Crippen LogP contribution in [0.5, 0.6) is 0 Å². The molecule has 0 aromatic carbocycles. The van der Waals surface area contributed by atoms with Crippen LogP contribution in [-0.4, -0.2) is 34.1 Å². The fourth-order valence-electron chi connectivity index (χ4n) is 1.28. The van der Waals surface area contributed by atoms with E-state index in [9.17, 15) is 8.42 Å². The molecule has 98 valence electrons. The lowest BCUT2D eigenvalue weighted by Crippen LogP contribution is -2.27. The van der Waals surface area contributed by atoms with Gasteiger partial charge in [0.1, 0.15) is 12.4 Å². The normalized spacial score (nSPS) is 13.7. The maximum absolute atomic E-state index is 11.9. The molecule has 0 aliphatic carbocycles. The Labute approximate surface area is 102 Å². The third-order valence-electron chi connectivity index (χ3n) is 2.14. The first-order chi connectivity index (χ1) is 8.53. The van der Waals surface area contributed by atoms with Crippen LogP contribution in [0.15, 0.2) is 21.6 Å². The molecule has 0 aliphatic heterocycles. The lowest BCUT2D eigenvalue weighted by atomic mass is 10.4. The molecule has 1 atom stereocenters. The number of aliphatic hydroxyl groups excluding tert-OH is 1. The van der Waals surface area contributed by atoms with Crippen LogP contribution >= 0.6 is 0 Å². The maximum atomic E-state index is 11.9. The van der Waals surface area contributed by atoms with Crippen molar-refractivity contribution >= 4 is 10.0 Å². The molecule has 0 radical (unpaired) electrons. The van der Waals surface area contributed by atoms with E-state index in [-0.39, 0.29) is 23.3 Å². The average molecular weight is 273 g/mol. The summed E-state index contributed by atoms with van der Waals surface area (Å²) in [6.45, 7) is 1.20. The summed E-state index contributed by atoms with van der Waals surface area (Å²) >= 11 is 0. The predicted octanol–water partition coefficient (Wildman–Crippen LogP) is -0.676. The Morgan fingerprint density at radius 1 is 1.56 bits per heavy atom. The van der Waals surface area contributed by atoms with Gasteiger partial charge in [0.2, 0.25) is 5.09 Å². The quantitative estimate of drug-likeness (QED) is 0.657. The highest BCUT2D eigenvalue weighted by Gasteiger charge is 2.23. The Bertz CT molecular complexity index is 605. The molecule has 0 fully saturated rings. The number of aliphatic hydroxyl groups is 1. The molecule has 0 aliphatic rings. The second kappa shape index (κ2) is 4.84. The largest absolute Gasteiger partial charge is 0.446 e. The predicted molar refractivity (Wildman–Crippen MR) is 57.5 cm³/mol. The zero-order valence-corrected chi connectivity index (χ0v) is 10.2. The molecule has 2 heterocycles. The third kappa shape index (κ3) is 2.55. The van der Waals surface area contributed by atoms with Gasteiger partial charge >= 0.3 is 0 Å². The van der Waals surface area contributed by atoms with Crippen molar-refractivity contribution in [3.63, 3.8) is 0 Å². The maximum Gasteiger partial charge on any atom is 0.274 e. The monoisotopic (exact) mass is 273 g/mol. The van der Waals surface area contributed by atoms with E-state index in [2.05, 4.69) is 25.3 Å². The van der Waals surface area contributed by atoms with Crippen LogP contribution in [0.4, 0.5) is 0 Å². The van der Waals surface area contributed by atoms with Crippen molar-refractivity contribution in [2.24, 2.45) is 0 Å². The molecule has 0 amide bonds. The van der Waals surface area contributed by atoms with Crippen LogP contribution in [-0.2, 0) is 16.6 Å². The van der Waals surface area contributed by atoms with E-state index in [0.717, 1.165) is 0 Å². The summed E-state index contributed by atoms with van der Waals surface area (Å²) in [7, 11) is -3.82. The summed E-state index contributed by atoms with van der Waals surface area (Å²) < 4.78 is 31.1. The number of tetrazole rings is 1. The van der Waals surface area contributed by atoms with Crippen molar-refractivity contribution in [2.75, 3.05) is 0 Å². The number of sulfonamides is 1. The van der Waals surface area contributed by atoms with Gasteiger partial charge in [-0.1, -0.05) is 5.21 Å². The Morgan fingerprint density at radius 3 is 2.89 bits per heavy atom. The van der Waals surface area contributed by atoms with Crippen molar-refractivity contribution in [1.82, 2.24) is 25.3 Å². The number of hydrogen-bond acceptors (Lipinski definition) is 7. The van der Waals surface area contributed by atoms with E-state index in [1.54, 1.807) is 6.92 Å². The molecule has 9 nitrogen and oxygen atoms in total. The number of aromatic amines is 1. The van der Waals surface area contributed by atoms with Crippen molar-refractivity contribution in [3.8, 4) is 0 Å². The molecule has 0 saturated heterocycles. The van der Waals surface area contributed by atoms with E-state index >= 15 is 0 Å². The Balaban J connectivity index is 2.17. The van der Waals surface area contributed by atoms with E-state index in [0.29, 0.717) is 0 Å². The minimum Gasteiger partial charge on any atom is -0.446 e. The second-order valence-corrected chi connectivity index (χ2v) is 5.14. The molecule has 2 aromatic heterocycles. The van der Waals surface area contributed by atoms with Gasteiger partial charge in [0.25, 0.3) is 10.0 Å². The first-order valence-corrected chi connectivity index (χ1v) is 6.46. The first kappa shape index (κ1) is 12.7. The van der Waals surface area contributed by atoms with Gasteiger partial charge < -0.3 is 9.52 Å². The minimum atomic E-state index is -3.82. The molecular weight excluding hydrogens is 262 g/mol. The standard InChI is InChI=1S/C8H11N5O4S/c1-5(8-9-12-13-10-8)11-18(15,16)7-3-2-6(4-14)17-7/h2-3,5,11,14H,4H2,1H3,(H,9,10,12,13). The fourth-order valence-corrected chi connectivity index (χ4v) is 2.44. The molecular formula is C8H11N5O4S. The SMILES string of the molecule is CC(NS(=O)(=O)c1ccc(CO)o1)c1nn[nH]n1. The summed E-state index contributed by atoms with van der Waals surface area (Å²) in [5.74, 6) is 0.384. The van der Waals surface area contributed by atoms with Crippen molar-refractivity contribution in [2.45, 2.75) is 24.7 Å². The van der Waals surface area contributed by atoms with Gasteiger partial charge in [-0.3, -0.25) is 0 Å². The summed E-state index contributed by atoms with van der Waals surface area (Å²) in [5.41, 5.74) is 0. The smallest absolute Gasteiger partial charge is 0.274 e. The average Bonchev–Trinajstić information content (AvgIpc) is 3.00. The van der Waals surface area contributed by atoms with Crippen LogP contribution < -0.4 is 4.72 Å². The molecule has 0 saturated carbocycles. The van der Waals surface area contributed by atoms with E-state index < -0.39 is 16.1 Å². The Kier molecular flexibility index (Phi) is 3.41. The number of nitrogens with one attached hydrogen (secondary N) is 2. The highest BCUT2D eigenvalue weighted by atomic mass is 32.2. The molecule has 18 heavy (non-hydrogen) atoms. The Morgan fingerprint density at radius 2 is 2.33 bits per heavy atom. The van der Waals surface area contributed by atoms with Crippen LogP contribution in [0.1, 0.15) is 24.6 Å². The van der Waals surface area contributed by atoms with Crippen LogP contribution in [0.2, 0.25) is 0 Å². The zero-order valence-electron chi connectivity index (χ0n) is 9.36. The molecule has 2 aromatic rings. The number of hydrogen-bond donors (Lipinski definition) is 3. The summed E-state index contributed by atoms with van der Waals surface area (Å²) in [5, 5.41) is 21.4. The number of aromatic nitrogens is 4. The highest BCUT2D eigenvalue weighted by molar-refractivity contribution is 7.89. The topological polar surface area (TPSA) is 134 Å². The number of H-pyrrole nitrogens is 1. The van der Waals surface area contributed by atoms with Crippen LogP contribution in [0.3, 0.4) is 0 Å². The van der Waals surface area contributed by atoms with E-state index in [1.165, 1.54) is 12.1 Å². The second-order valence-electron chi connectivity index (χ2n) is 3.49. The lowest BCUT2D eigenvalue weighted by molar-refractivity contribution is 0.236.